The lowest BCUT2D eigenvalue weighted by Crippen LogP contribution is -2.40. The van der Waals surface area contributed by atoms with E-state index >= 15 is 0 Å². The second-order valence-corrected chi connectivity index (χ2v) is 4.71. The molecular formula is C12H22N2O. The second kappa shape index (κ2) is 6.09. The maximum absolute atomic E-state index is 9.23. The van der Waals surface area contributed by atoms with Crippen LogP contribution in [0.3, 0.4) is 0 Å². The number of rotatable bonds is 4. The van der Waals surface area contributed by atoms with E-state index in [1.807, 2.05) is 6.92 Å². The van der Waals surface area contributed by atoms with Gasteiger partial charge in [0.15, 0.2) is 0 Å². The number of hydrogen-bond donors (Lipinski definition) is 1. The van der Waals surface area contributed by atoms with E-state index in [4.69, 9.17) is 5.26 Å². The first-order chi connectivity index (χ1) is 7.15. The minimum Gasteiger partial charge on any atom is -0.393 e. The largest absolute Gasteiger partial charge is 0.393 e. The minimum absolute atomic E-state index is 0.192. The molecule has 0 aromatic rings. The van der Waals surface area contributed by atoms with Crippen molar-refractivity contribution in [3.63, 3.8) is 0 Å². The lowest BCUT2D eigenvalue weighted by atomic mass is 9.84. The molecule has 0 aliphatic heterocycles. The molecule has 1 aliphatic carbocycles. The van der Waals surface area contributed by atoms with Crippen molar-refractivity contribution < 1.29 is 5.11 Å². The zero-order valence-corrected chi connectivity index (χ0v) is 9.82. The van der Waals surface area contributed by atoms with Crippen LogP contribution < -0.4 is 0 Å². The molecular weight excluding hydrogens is 188 g/mol. The molecule has 1 fully saturated rings. The number of aliphatic hydroxyl groups excluding tert-OH is 1. The van der Waals surface area contributed by atoms with Crippen molar-refractivity contribution in [2.45, 2.75) is 51.2 Å². The molecule has 0 amide bonds. The summed E-state index contributed by atoms with van der Waals surface area (Å²) in [6, 6.07) is 2.82. The van der Waals surface area contributed by atoms with Crippen LogP contribution in [-0.4, -0.2) is 35.7 Å². The summed E-state index contributed by atoms with van der Waals surface area (Å²) >= 11 is 0. The molecule has 3 heteroatoms. The highest BCUT2D eigenvalue weighted by Gasteiger charge is 2.27. The van der Waals surface area contributed by atoms with Gasteiger partial charge in [0.1, 0.15) is 0 Å². The van der Waals surface area contributed by atoms with Gasteiger partial charge in [-0.25, -0.2) is 0 Å². The van der Waals surface area contributed by atoms with Crippen LogP contribution in [0.15, 0.2) is 0 Å². The van der Waals surface area contributed by atoms with Crippen molar-refractivity contribution in [2.75, 3.05) is 13.6 Å². The Bertz CT molecular complexity index is 222. The summed E-state index contributed by atoms with van der Waals surface area (Å²) in [5.74, 6) is 0.192. The van der Waals surface area contributed by atoms with Gasteiger partial charge >= 0.3 is 0 Å². The molecule has 0 aromatic carbocycles. The van der Waals surface area contributed by atoms with Gasteiger partial charge in [-0.15, -0.1) is 0 Å². The third-order valence-electron chi connectivity index (χ3n) is 3.36. The minimum atomic E-state index is -0.239. The standard InChI is InChI=1S/C12H22N2O/c1-10(15)7-8-14(2)12-6-4-3-5-11(12)9-13/h10-12,15H,3-8H2,1-2H3. The Morgan fingerprint density at radius 3 is 2.73 bits per heavy atom. The smallest absolute Gasteiger partial charge is 0.0672 e. The normalized spacial score (nSPS) is 28.7. The van der Waals surface area contributed by atoms with E-state index in [1.165, 1.54) is 12.8 Å². The highest BCUT2D eigenvalue weighted by molar-refractivity contribution is 4.95. The molecule has 1 aliphatic rings. The van der Waals surface area contributed by atoms with Crippen LogP contribution in [0.4, 0.5) is 0 Å². The average molecular weight is 210 g/mol. The molecule has 0 bridgehead atoms. The van der Waals surface area contributed by atoms with Crippen molar-refractivity contribution in [3.8, 4) is 6.07 Å². The summed E-state index contributed by atoms with van der Waals surface area (Å²) < 4.78 is 0. The van der Waals surface area contributed by atoms with Crippen molar-refractivity contribution in [1.82, 2.24) is 4.90 Å². The van der Waals surface area contributed by atoms with Gasteiger partial charge in [0.25, 0.3) is 0 Å². The Labute approximate surface area is 92.7 Å². The Hall–Kier alpha value is -0.590. The predicted molar refractivity (Wildman–Crippen MR) is 60.3 cm³/mol. The predicted octanol–water partition coefficient (Wildman–Crippen LogP) is 1.77. The molecule has 15 heavy (non-hydrogen) atoms. The molecule has 3 unspecified atom stereocenters. The molecule has 0 aromatic heterocycles. The number of hydrogen-bond acceptors (Lipinski definition) is 3. The molecule has 1 saturated carbocycles. The lowest BCUT2D eigenvalue weighted by Gasteiger charge is -2.34. The third kappa shape index (κ3) is 3.81. The maximum Gasteiger partial charge on any atom is 0.0672 e. The molecule has 0 saturated heterocycles. The lowest BCUT2D eigenvalue weighted by molar-refractivity contribution is 0.120. The number of nitrogens with zero attached hydrogens (tertiary/aromatic N) is 2. The van der Waals surface area contributed by atoms with Crippen molar-refractivity contribution in [3.05, 3.63) is 0 Å². The molecule has 86 valence electrons. The monoisotopic (exact) mass is 210 g/mol. The van der Waals surface area contributed by atoms with Gasteiger partial charge in [-0.3, -0.25) is 0 Å². The van der Waals surface area contributed by atoms with Crippen LogP contribution in [-0.2, 0) is 0 Å². The van der Waals surface area contributed by atoms with Gasteiger partial charge < -0.3 is 10.0 Å². The Morgan fingerprint density at radius 1 is 1.47 bits per heavy atom. The van der Waals surface area contributed by atoms with Crippen LogP contribution in [0.5, 0.6) is 0 Å². The van der Waals surface area contributed by atoms with E-state index in [-0.39, 0.29) is 12.0 Å². The molecule has 0 spiro atoms. The van der Waals surface area contributed by atoms with Crippen LogP contribution in [0.25, 0.3) is 0 Å². The average Bonchev–Trinajstić information content (AvgIpc) is 2.25. The summed E-state index contributed by atoms with van der Waals surface area (Å²) in [6.45, 7) is 2.71. The Kier molecular flexibility index (Phi) is 5.07. The van der Waals surface area contributed by atoms with Gasteiger partial charge in [-0.1, -0.05) is 12.8 Å². The fourth-order valence-corrected chi connectivity index (χ4v) is 2.35. The highest BCUT2D eigenvalue weighted by Crippen LogP contribution is 2.27. The highest BCUT2D eigenvalue weighted by atomic mass is 16.3. The summed E-state index contributed by atoms with van der Waals surface area (Å²) in [4.78, 5) is 2.25. The van der Waals surface area contributed by atoms with Gasteiger partial charge in [0, 0.05) is 12.6 Å². The third-order valence-corrected chi connectivity index (χ3v) is 3.36. The molecule has 3 atom stereocenters. The Morgan fingerprint density at radius 2 is 2.13 bits per heavy atom. The maximum atomic E-state index is 9.23. The molecule has 1 rings (SSSR count). The second-order valence-electron chi connectivity index (χ2n) is 4.71. The van der Waals surface area contributed by atoms with Gasteiger partial charge in [0.2, 0.25) is 0 Å². The summed E-state index contributed by atoms with van der Waals surface area (Å²) in [5.41, 5.74) is 0. The van der Waals surface area contributed by atoms with Crippen LogP contribution in [0.2, 0.25) is 0 Å². The first-order valence-electron chi connectivity index (χ1n) is 5.93. The first kappa shape index (κ1) is 12.5. The van der Waals surface area contributed by atoms with Crippen molar-refractivity contribution in [2.24, 2.45) is 5.92 Å². The van der Waals surface area contributed by atoms with Crippen LogP contribution in [0, 0.1) is 17.2 Å². The quantitative estimate of drug-likeness (QED) is 0.769. The fourth-order valence-electron chi connectivity index (χ4n) is 2.35. The van der Waals surface area contributed by atoms with Gasteiger partial charge in [-0.05, 0) is 33.2 Å². The zero-order valence-electron chi connectivity index (χ0n) is 9.82. The fraction of sp³-hybridized carbons (Fsp3) is 0.917. The molecule has 1 N–H and O–H groups in total. The molecule has 3 nitrogen and oxygen atoms in total. The SMILES string of the molecule is CC(O)CCN(C)C1CCCCC1C#N. The van der Waals surface area contributed by atoms with Gasteiger partial charge in [0.05, 0.1) is 18.1 Å². The summed E-state index contributed by atoms with van der Waals surface area (Å²) in [5, 5.41) is 18.3. The Balaban J connectivity index is 2.42. The first-order valence-corrected chi connectivity index (χ1v) is 5.93. The number of nitriles is 1. The van der Waals surface area contributed by atoms with Gasteiger partial charge in [-0.2, -0.15) is 5.26 Å². The summed E-state index contributed by atoms with van der Waals surface area (Å²) in [7, 11) is 2.07. The molecule has 0 heterocycles. The van der Waals surface area contributed by atoms with E-state index in [9.17, 15) is 5.11 Å². The zero-order chi connectivity index (χ0) is 11.3. The van der Waals surface area contributed by atoms with E-state index in [0.29, 0.717) is 6.04 Å². The van der Waals surface area contributed by atoms with E-state index < -0.39 is 0 Å². The van der Waals surface area contributed by atoms with E-state index in [0.717, 1.165) is 25.8 Å². The molecule has 0 radical (unpaired) electrons. The van der Waals surface area contributed by atoms with Crippen LogP contribution >= 0.6 is 0 Å². The summed E-state index contributed by atoms with van der Waals surface area (Å²) in [6.07, 6.45) is 5.16. The topological polar surface area (TPSA) is 47.3 Å². The van der Waals surface area contributed by atoms with Crippen molar-refractivity contribution >= 4 is 0 Å². The number of aliphatic hydroxyl groups is 1. The van der Waals surface area contributed by atoms with E-state index in [1.54, 1.807) is 0 Å². The van der Waals surface area contributed by atoms with Crippen molar-refractivity contribution in [1.29, 1.82) is 5.26 Å². The van der Waals surface area contributed by atoms with Crippen LogP contribution in [0.1, 0.15) is 39.0 Å². The van der Waals surface area contributed by atoms with E-state index in [2.05, 4.69) is 18.0 Å².